The number of pyridine rings is 1. The average Bonchev–Trinajstić information content (AvgIpc) is 2.54. The molecule has 1 aromatic carbocycles. The van der Waals surface area contributed by atoms with E-state index >= 15 is 0 Å². The number of ether oxygens (including phenoxy) is 2. The standard InChI is InChI=1S/C18H21N3O2S/c1-18(2)10-15(14-9-13(22-3)6-7-16(14)23-18)21-17(24)20-12-5-4-8-19-11-12/h4-9,11,15H,10H2,1-3H3,(H2,20,21,24)/t15-/m1/s1. The lowest BCUT2D eigenvalue weighted by atomic mass is 9.89. The van der Waals surface area contributed by atoms with Gasteiger partial charge in [0.05, 0.1) is 25.0 Å². The van der Waals surface area contributed by atoms with E-state index < -0.39 is 0 Å². The van der Waals surface area contributed by atoms with Crippen molar-refractivity contribution in [3.63, 3.8) is 0 Å². The molecule has 0 radical (unpaired) electrons. The van der Waals surface area contributed by atoms with Gasteiger partial charge >= 0.3 is 0 Å². The molecular weight excluding hydrogens is 322 g/mol. The van der Waals surface area contributed by atoms with Crippen molar-refractivity contribution >= 4 is 23.0 Å². The van der Waals surface area contributed by atoms with E-state index in [0.29, 0.717) is 5.11 Å². The number of anilines is 1. The van der Waals surface area contributed by atoms with Crippen LogP contribution in [0.3, 0.4) is 0 Å². The molecule has 0 saturated heterocycles. The molecular formula is C18H21N3O2S. The normalized spacial score (nSPS) is 18.0. The van der Waals surface area contributed by atoms with E-state index in [1.807, 2.05) is 30.3 Å². The number of thiocarbonyl (C=S) groups is 1. The molecule has 2 aromatic rings. The number of methoxy groups -OCH3 is 1. The van der Waals surface area contributed by atoms with Crippen LogP contribution in [-0.4, -0.2) is 22.8 Å². The van der Waals surface area contributed by atoms with Crippen LogP contribution >= 0.6 is 12.2 Å². The Bertz CT molecular complexity index is 734. The molecule has 6 heteroatoms. The number of hydrogen-bond donors (Lipinski definition) is 2. The first-order chi connectivity index (χ1) is 11.5. The van der Waals surface area contributed by atoms with E-state index in [9.17, 15) is 0 Å². The number of nitrogens with zero attached hydrogens (tertiary/aromatic N) is 1. The Kier molecular flexibility index (Phi) is 4.57. The lowest BCUT2D eigenvalue weighted by Crippen LogP contribution is -2.42. The van der Waals surface area contributed by atoms with Crippen molar-refractivity contribution in [3.05, 3.63) is 48.3 Å². The van der Waals surface area contributed by atoms with Crippen molar-refractivity contribution in [3.8, 4) is 11.5 Å². The molecule has 5 nitrogen and oxygen atoms in total. The lowest BCUT2D eigenvalue weighted by Gasteiger charge is -2.38. The smallest absolute Gasteiger partial charge is 0.171 e. The first kappa shape index (κ1) is 16.5. The van der Waals surface area contributed by atoms with Gasteiger partial charge in [0.25, 0.3) is 0 Å². The van der Waals surface area contributed by atoms with Crippen LogP contribution < -0.4 is 20.1 Å². The zero-order valence-corrected chi connectivity index (χ0v) is 14.8. The topological polar surface area (TPSA) is 55.4 Å². The summed E-state index contributed by atoms with van der Waals surface area (Å²) in [6.07, 6.45) is 4.26. The van der Waals surface area contributed by atoms with E-state index in [1.54, 1.807) is 19.5 Å². The number of nitrogens with one attached hydrogen (secondary N) is 2. The summed E-state index contributed by atoms with van der Waals surface area (Å²) in [4.78, 5) is 4.08. The summed E-state index contributed by atoms with van der Waals surface area (Å²) >= 11 is 5.46. The number of aromatic nitrogens is 1. The van der Waals surface area contributed by atoms with Gasteiger partial charge < -0.3 is 20.1 Å². The zero-order chi connectivity index (χ0) is 17.2. The molecule has 2 heterocycles. The molecule has 0 bridgehead atoms. The Morgan fingerprint density at radius 2 is 2.21 bits per heavy atom. The Balaban J connectivity index is 1.80. The quantitative estimate of drug-likeness (QED) is 0.829. The highest BCUT2D eigenvalue weighted by atomic mass is 32.1. The molecule has 24 heavy (non-hydrogen) atoms. The second kappa shape index (κ2) is 6.65. The summed E-state index contributed by atoms with van der Waals surface area (Å²) in [6.45, 7) is 4.15. The molecule has 126 valence electrons. The molecule has 1 aliphatic rings. The second-order valence-electron chi connectivity index (χ2n) is 6.36. The van der Waals surface area contributed by atoms with E-state index in [2.05, 4.69) is 29.5 Å². The first-order valence-corrected chi connectivity index (χ1v) is 8.22. The highest BCUT2D eigenvalue weighted by Gasteiger charge is 2.34. The van der Waals surface area contributed by atoms with Crippen LogP contribution in [0.1, 0.15) is 31.9 Å². The van der Waals surface area contributed by atoms with Crippen LogP contribution in [0.5, 0.6) is 11.5 Å². The third-order valence-electron chi connectivity index (χ3n) is 3.90. The van der Waals surface area contributed by atoms with Crippen LogP contribution in [-0.2, 0) is 0 Å². The maximum Gasteiger partial charge on any atom is 0.171 e. The molecule has 2 N–H and O–H groups in total. The maximum atomic E-state index is 6.08. The fourth-order valence-electron chi connectivity index (χ4n) is 2.85. The van der Waals surface area contributed by atoms with Gasteiger partial charge in [-0.2, -0.15) is 0 Å². The van der Waals surface area contributed by atoms with Crippen LogP contribution in [0.25, 0.3) is 0 Å². The SMILES string of the molecule is COc1ccc2c(c1)[C@H](NC(=S)Nc1cccnc1)CC(C)(C)O2. The molecule has 0 aliphatic carbocycles. The van der Waals surface area contributed by atoms with Gasteiger partial charge in [0.2, 0.25) is 0 Å². The molecule has 0 unspecified atom stereocenters. The van der Waals surface area contributed by atoms with Crippen LogP contribution in [0.4, 0.5) is 5.69 Å². The van der Waals surface area contributed by atoms with E-state index in [0.717, 1.165) is 29.2 Å². The van der Waals surface area contributed by atoms with Gasteiger partial charge in [-0.1, -0.05) is 0 Å². The van der Waals surface area contributed by atoms with Crippen molar-refractivity contribution in [2.24, 2.45) is 0 Å². The number of rotatable bonds is 3. The van der Waals surface area contributed by atoms with Crippen molar-refractivity contribution in [2.45, 2.75) is 31.9 Å². The highest BCUT2D eigenvalue weighted by molar-refractivity contribution is 7.80. The Morgan fingerprint density at radius 3 is 2.92 bits per heavy atom. The zero-order valence-electron chi connectivity index (χ0n) is 14.0. The Labute approximate surface area is 147 Å². The molecule has 0 amide bonds. The first-order valence-electron chi connectivity index (χ1n) is 7.81. The van der Waals surface area contributed by atoms with Crippen molar-refractivity contribution in [2.75, 3.05) is 12.4 Å². The van der Waals surface area contributed by atoms with Gasteiger partial charge in [-0.05, 0) is 56.4 Å². The van der Waals surface area contributed by atoms with E-state index in [-0.39, 0.29) is 11.6 Å². The molecule has 0 fully saturated rings. The molecule has 1 atom stereocenters. The molecule has 1 aromatic heterocycles. The molecule has 3 rings (SSSR count). The fourth-order valence-corrected chi connectivity index (χ4v) is 3.11. The maximum absolute atomic E-state index is 6.08. The largest absolute Gasteiger partial charge is 0.497 e. The van der Waals surface area contributed by atoms with Gasteiger partial charge in [0.1, 0.15) is 17.1 Å². The van der Waals surface area contributed by atoms with Gasteiger partial charge in [0.15, 0.2) is 5.11 Å². The van der Waals surface area contributed by atoms with Gasteiger partial charge in [-0.3, -0.25) is 4.98 Å². The summed E-state index contributed by atoms with van der Waals surface area (Å²) in [7, 11) is 1.66. The minimum absolute atomic E-state index is 0.0375. The fraction of sp³-hybridized carbons (Fsp3) is 0.333. The predicted octanol–water partition coefficient (Wildman–Crippen LogP) is 3.68. The van der Waals surface area contributed by atoms with Gasteiger partial charge in [-0.25, -0.2) is 0 Å². The summed E-state index contributed by atoms with van der Waals surface area (Å²) < 4.78 is 11.4. The van der Waals surface area contributed by atoms with E-state index in [1.165, 1.54) is 0 Å². The third-order valence-corrected chi connectivity index (χ3v) is 4.12. The summed E-state index contributed by atoms with van der Waals surface area (Å²) in [5.41, 5.74) is 1.62. The highest BCUT2D eigenvalue weighted by Crippen LogP contribution is 2.41. The molecule has 0 spiro atoms. The minimum Gasteiger partial charge on any atom is -0.497 e. The Hall–Kier alpha value is -2.34. The van der Waals surface area contributed by atoms with Crippen molar-refractivity contribution in [1.82, 2.24) is 10.3 Å². The number of hydrogen-bond acceptors (Lipinski definition) is 4. The average molecular weight is 343 g/mol. The summed E-state index contributed by atoms with van der Waals surface area (Å²) in [5.74, 6) is 1.66. The number of fused-ring (bicyclic) bond motifs is 1. The summed E-state index contributed by atoms with van der Waals surface area (Å²) in [6, 6.07) is 9.67. The van der Waals surface area contributed by atoms with Gasteiger partial charge in [-0.15, -0.1) is 0 Å². The van der Waals surface area contributed by atoms with Crippen LogP contribution in [0, 0.1) is 0 Å². The van der Waals surface area contributed by atoms with Crippen LogP contribution in [0.2, 0.25) is 0 Å². The van der Waals surface area contributed by atoms with Crippen molar-refractivity contribution in [1.29, 1.82) is 0 Å². The van der Waals surface area contributed by atoms with Gasteiger partial charge in [0, 0.05) is 18.2 Å². The molecule has 1 aliphatic heterocycles. The Morgan fingerprint density at radius 1 is 1.38 bits per heavy atom. The molecule has 0 saturated carbocycles. The third kappa shape index (κ3) is 3.76. The lowest BCUT2D eigenvalue weighted by molar-refractivity contribution is 0.0695. The second-order valence-corrected chi connectivity index (χ2v) is 6.77. The summed E-state index contributed by atoms with van der Waals surface area (Å²) in [5, 5.41) is 7.10. The van der Waals surface area contributed by atoms with Crippen LogP contribution in [0.15, 0.2) is 42.7 Å². The van der Waals surface area contributed by atoms with Crippen molar-refractivity contribution < 1.29 is 9.47 Å². The van der Waals surface area contributed by atoms with E-state index in [4.69, 9.17) is 21.7 Å². The number of benzene rings is 1. The monoisotopic (exact) mass is 343 g/mol. The minimum atomic E-state index is -0.275. The predicted molar refractivity (Wildman–Crippen MR) is 98.7 cm³/mol.